The zero-order valence-electron chi connectivity index (χ0n) is 19.6. The minimum atomic E-state index is -3.24. The van der Waals surface area contributed by atoms with Crippen LogP contribution in [0.1, 0.15) is 18.4 Å². The van der Waals surface area contributed by atoms with Crippen molar-refractivity contribution in [2.24, 2.45) is 0 Å². The first-order valence-corrected chi connectivity index (χ1v) is 14.7. The van der Waals surface area contributed by atoms with Crippen molar-refractivity contribution in [2.45, 2.75) is 24.2 Å². The van der Waals surface area contributed by atoms with Crippen molar-refractivity contribution in [2.75, 3.05) is 29.6 Å². The third-order valence-electron chi connectivity index (χ3n) is 5.58. The maximum Gasteiger partial charge on any atom is 0.225 e. The molecule has 0 spiro atoms. The fourth-order valence-electron chi connectivity index (χ4n) is 3.74. The number of nitriles is 1. The number of aromatic nitrogens is 1. The van der Waals surface area contributed by atoms with Crippen molar-refractivity contribution in [3.05, 3.63) is 52.9 Å². The summed E-state index contributed by atoms with van der Waals surface area (Å²) < 4.78 is 42.8. The molecule has 38 heavy (non-hydrogen) atoms. The van der Waals surface area contributed by atoms with Gasteiger partial charge in [-0.1, -0.05) is 11.6 Å². The van der Waals surface area contributed by atoms with E-state index in [2.05, 4.69) is 15.6 Å². The van der Waals surface area contributed by atoms with E-state index < -0.39 is 38.6 Å². The Hall–Kier alpha value is -3.15. The second kappa shape index (κ2) is 11.7. The Kier molecular flexibility index (Phi) is 8.59. The summed E-state index contributed by atoms with van der Waals surface area (Å²) in [5.74, 6) is -0.930. The number of pyridine rings is 1. The van der Waals surface area contributed by atoms with Gasteiger partial charge < -0.3 is 25.6 Å². The fourth-order valence-corrected chi connectivity index (χ4v) is 7.90. The number of rotatable bonds is 9. The van der Waals surface area contributed by atoms with Gasteiger partial charge in [-0.25, -0.2) is 12.8 Å². The van der Waals surface area contributed by atoms with Crippen LogP contribution in [0.5, 0.6) is 5.75 Å². The van der Waals surface area contributed by atoms with E-state index in [9.17, 15) is 28.0 Å². The Bertz CT molecular complexity index is 1530. The number of aliphatic hydroxyl groups excluding tert-OH is 2. The number of hydrogen-bond donors (Lipinski definition) is 4. The molecule has 1 aliphatic heterocycles. The molecule has 1 fully saturated rings. The van der Waals surface area contributed by atoms with Crippen molar-refractivity contribution in [3.63, 3.8) is 0 Å². The van der Waals surface area contributed by atoms with Gasteiger partial charge in [-0.2, -0.15) is 5.26 Å². The number of ether oxygens (including phenoxy) is 1. The van der Waals surface area contributed by atoms with Crippen molar-refractivity contribution in [1.29, 1.82) is 5.26 Å². The second-order valence-electron chi connectivity index (χ2n) is 8.45. The van der Waals surface area contributed by atoms with Crippen LogP contribution >= 0.6 is 22.4 Å². The molecule has 0 bridgehead atoms. The van der Waals surface area contributed by atoms with Gasteiger partial charge in [0.15, 0.2) is 0 Å². The molecule has 1 amide bonds. The monoisotopic (exact) mass is 580 g/mol. The van der Waals surface area contributed by atoms with Gasteiger partial charge in [-0.3, -0.25) is 9.78 Å². The van der Waals surface area contributed by atoms with Gasteiger partial charge in [0.05, 0.1) is 39.8 Å². The van der Waals surface area contributed by atoms with Crippen molar-refractivity contribution < 1.29 is 32.6 Å². The van der Waals surface area contributed by atoms with Crippen LogP contribution in [0.15, 0.2) is 36.5 Å². The molecule has 1 saturated heterocycles. The fraction of sp³-hybridized carbons (Fsp3) is 0.292. The van der Waals surface area contributed by atoms with E-state index in [1.54, 1.807) is 0 Å². The second-order valence-corrected chi connectivity index (χ2v) is 13.3. The number of carbonyl (C=O) groups is 1. The van der Waals surface area contributed by atoms with Crippen LogP contribution in [0.4, 0.5) is 21.5 Å². The van der Waals surface area contributed by atoms with Gasteiger partial charge in [-0.15, -0.1) is 0 Å². The van der Waals surface area contributed by atoms with Gasteiger partial charge in [0.2, 0.25) is 14.8 Å². The number of nitrogens with one attached hydrogen (secondary N) is 2. The molecule has 2 aromatic carbocycles. The van der Waals surface area contributed by atoms with Crippen LogP contribution in [-0.2, 0) is 13.7 Å². The Balaban J connectivity index is 1.72. The van der Waals surface area contributed by atoms with Crippen molar-refractivity contribution in [1.82, 2.24) is 4.98 Å². The topological polar surface area (TPSA) is 162 Å². The summed E-state index contributed by atoms with van der Waals surface area (Å²) in [6.07, 6.45) is 0.450. The zero-order valence-corrected chi connectivity index (χ0v) is 22.0. The summed E-state index contributed by atoms with van der Waals surface area (Å²) >= 11 is 5.90. The van der Waals surface area contributed by atoms with Crippen LogP contribution in [-0.4, -0.2) is 59.8 Å². The third-order valence-corrected chi connectivity index (χ3v) is 9.77. The molecule has 3 aromatic rings. The maximum atomic E-state index is 13.7. The van der Waals surface area contributed by atoms with E-state index in [1.807, 2.05) is 6.07 Å². The van der Waals surface area contributed by atoms with E-state index in [4.69, 9.17) is 21.4 Å². The predicted molar refractivity (Wildman–Crippen MR) is 143 cm³/mol. The Morgan fingerprint density at radius 3 is 2.82 bits per heavy atom. The van der Waals surface area contributed by atoms with Crippen LogP contribution in [0.25, 0.3) is 10.9 Å². The van der Waals surface area contributed by atoms with Crippen LogP contribution < -0.4 is 15.4 Å². The van der Waals surface area contributed by atoms with E-state index in [0.717, 1.165) is 10.8 Å². The molecule has 0 radical (unpaired) electrons. The maximum absolute atomic E-state index is 13.7. The van der Waals surface area contributed by atoms with Gasteiger partial charge in [0.25, 0.3) is 0 Å². The molecule has 4 N–H and O–H groups in total. The number of halogens is 2. The highest BCUT2D eigenvalue weighted by Gasteiger charge is 2.30. The van der Waals surface area contributed by atoms with E-state index >= 15 is 0 Å². The third kappa shape index (κ3) is 6.64. The van der Waals surface area contributed by atoms with Gasteiger partial charge in [0, 0.05) is 35.0 Å². The summed E-state index contributed by atoms with van der Waals surface area (Å²) in [7, 11) is -2.47. The number of nitrogens with zero attached hydrogens (tertiary/aromatic N) is 2. The average Bonchev–Trinajstić information content (AvgIpc) is 3.22. The van der Waals surface area contributed by atoms with Crippen molar-refractivity contribution in [3.8, 4) is 11.8 Å². The summed E-state index contributed by atoms with van der Waals surface area (Å²) in [6, 6.07) is 9.03. The first kappa shape index (κ1) is 27.9. The summed E-state index contributed by atoms with van der Waals surface area (Å²) in [4.78, 5) is 17.1. The Labute approximate surface area is 226 Å². The molecule has 2 heterocycles. The number of fused-ring (bicyclic) bond motifs is 1. The van der Waals surface area contributed by atoms with E-state index in [0.29, 0.717) is 28.7 Å². The van der Waals surface area contributed by atoms with Crippen LogP contribution in [0, 0.1) is 17.1 Å². The van der Waals surface area contributed by atoms with Crippen LogP contribution in [0.3, 0.4) is 0 Å². The lowest BCUT2D eigenvalue weighted by Gasteiger charge is -2.18. The highest BCUT2D eigenvalue weighted by molar-refractivity contribution is 8.72. The van der Waals surface area contributed by atoms with Crippen LogP contribution in [0.2, 0.25) is 5.02 Å². The first-order valence-electron chi connectivity index (χ1n) is 11.3. The Morgan fingerprint density at radius 1 is 1.37 bits per heavy atom. The molecule has 0 aliphatic carbocycles. The molecule has 0 saturated carbocycles. The molecule has 10 nitrogen and oxygen atoms in total. The lowest BCUT2D eigenvalue weighted by atomic mass is 10.1. The number of benzene rings is 2. The number of anilines is 3. The lowest BCUT2D eigenvalue weighted by Crippen LogP contribution is -2.22. The number of hydrogen-bond acceptors (Lipinski definition) is 10. The molecule has 1 aliphatic rings. The molecule has 1 aromatic heterocycles. The number of amides is 1. The van der Waals surface area contributed by atoms with Gasteiger partial charge >= 0.3 is 0 Å². The summed E-state index contributed by atoms with van der Waals surface area (Å²) in [5.41, 5.74) is 1.42. The molecule has 2 atom stereocenters. The summed E-state index contributed by atoms with van der Waals surface area (Å²) in [5, 5.41) is 34.2. The standard InChI is InChI=1S/C24H22ClFN4O6S2/c25-18-5-14(1-2-19(18)26)29-24-13(9-27)10-28-20-8-22(36-12-15(32)11-31)21(7-17(20)24)30-23(33)6-16-3-4-38(34,35)37-16/h1-2,5,7-8,10,15-16,31-32H,3-4,6,11-12H2,(H,28,29)(H,30,33). The molecular weight excluding hydrogens is 559 g/mol. The molecule has 2 unspecified atom stereocenters. The molecule has 14 heteroatoms. The Morgan fingerprint density at radius 2 is 2.16 bits per heavy atom. The molecular formula is C24H22ClFN4O6S2. The van der Waals surface area contributed by atoms with E-state index in [1.165, 1.54) is 36.5 Å². The number of aliphatic hydroxyl groups is 2. The highest BCUT2D eigenvalue weighted by atomic mass is 35.5. The average molecular weight is 581 g/mol. The first-order chi connectivity index (χ1) is 18.1. The minimum absolute atomic E-state index is 0.00400. The largest absolute Gasteiger partial charge is 0.489 e. The predicted octanol–water partition coefficient (Wildman–Crippen LogP) is 3.54. The zero-order chi connectivity index (χ0) is 27.4. The molecule has 200 valence electrons. The quantitative estimate of drug-likeness (QED) is 0.275. The smallest absolute Gasteiger partial charge is 0.225 e. The molecule has 4 rings (SSSR count). The lowest BCUT2D eigenvalue weighted by molar-refractivity contribution is -0.116. The van der Waals surface area contributed by atoms with Gasteiger partial charge in [0.1, 0.15) is 30.3 Å². The highest BCUT2D eigenvalue weighted by Crippen LogP contribution is 2.38. The van der Waals surface area contributed by atoms with E-state index in [-0.39, 0.29) is 40.8 Å². The normalized spacial score (nSPS) is 17.1. The van der Waals surface area contributed by atoms with Gasteiger partial charge in [-0.05, 0) is 41.5 Å². The number of carbonyl (C=O) groups excluding carboxylic acids is 1. The summed E-state index contributed by atoms with van der Waals surface area (Å²) in [6.45, 7) is -0.822. The minimum Gasteiger partial charge on any atom is -0.489 e. The SMILES string of the molecule is N#Cc1cnc2cc(OCC(O)CO)c(NC(=O)CC3CCS(=O)(=O)S3)cc2c1Nc1ccc(F)c(Cl)c1. The van der Waals surface area contributed by atoms with Crippen molar-refractivity contribution >= 4 is 65.1 Å².